The molecular weight excluding hydrogens is 240 g/mol. The molecule has 0 aliphatic rings. The molecule has 2 N–H and O–H groups in total. The maximum atomic E-state index is 11.3. The number of thiocarbonyl (C=S) groups is 1. The summed E-state index contributed by atoms with van der Waals surface area (Å²) in [5.74, 6) is 0.138. The van der Waals surface area contributed by atoms with Crippen LogP contribution in [0, 0.1) is 0 Å². The van der Waals surface area contributed by atoms with E-state index < -0.39 is 0 Å². The predicted molar refractivity (Wildman–Crippen MR) is 67.8 cm³/mol. The lowest BCUT2D eigenvalue weighted by Crippen LogP contribution is -2.33. The first-order chi connectivity index (χ1) is 8.10. The molecule has 0 aliphatic heterocycles. The Morgan fingerprint density at radius 2 is 2.18 bits per heavy atom. The van der Waals surface area contributed by atoms with Crippen molar-refractivity contribution in [2.45, 2.75) is 6.92 Å². The molecule has 92 valence electrons. The molecule has 1 aromatic rings. The molecular formula is C10H14N4O2S. The summed E-state index contributed by atoms with van der Waals surface area (Å²) in [6.07, 6.45) is 3.03. The highest BCUT2D eigenvalue weighted by Crippen LogP contribution is 2.14. The fraction of sp³-hybridized carbons (Fsp3) is 0.400. The molecule has 0 atom stereocenters. The summed E-state index contributed by atoms with van der Waals surface area (Å²) in [5.41, 5.74) is 5.97. The van der Waals surface area contributed by atoms with E-state index >= 15 is 0 Å². The molecule has 6 nitrogen and oxygen atoms in total. The van der Waals surface area contributed by atoms with Crippen LogP contribution in [-0.4, -0.2) is 41.1 Å². The molecule has 0 bridgehead atoms. The van der Waals surface area contributed by atoms with Crippen molar-refractivity contribution in [1.29, 1.82) is 0 Å². The van der Waals surface area contributed by atoms with Gasteiger partial charge in [0.2, 0.25) is 0 Å². The number of rotatable bonds is 5. The van der Waals surface area contributed by atoms with Gasteiger partial charge in [0.25, 0.3) is 0 Å². The number of hydrogen-bond acceptors (Lipinski definition) is 6. The van der Waals surface area contributed by atoms with Crippen LogP contribution in [0.25, 0.3) is 0 Å². The minimum atomic E-state index is -0.355. The third-order valence-corrected chi connectivity index (χ3v) is 2.33. The summed E-state index contributed by atoms with van der Waals surface area (Å²) in [6.45, 7) is 2.55. The Bertz CT molecular complexity index is 425. The van der Waals surface area contributed by atoms with Gasteiger partial charge < -0.3 is 15.4 Å². The first kappa shape index (κ1) is 13.3. The quantitative estimate of drug-likeness (QED) is 0.590. The zero-order valence-corrected chi connectivity index (χ0v) is 10.5. The summed E-state index contributed by atoms with van der Waals surface area (Å²) < 4.78 is 4.61. The number of methoxy groups -OCH3 is 1. The first-order valence-electron chi connectivity index (χ1n) is 5.02. The van der Waals surface area contributed by atoms with E-state index in [1.165, 1.54) is 19.5 Å². The SMILES string of the molecule is CCN(CC(=O)OC)c1nccnc1C(N)=S. The zero-order valence-electron chi connectivity index (χ0n) is 9.71. The van der Waals surface area contributed by atoms with E-state index in [4.69, 9.17) is 18.0 Å². The van der Waals surface area contributed by atoms with E-state index in [-0.39, 0.29) is 17.5 Å². The maximum absolute atomic E-state index is 11.3. The van der Waals surface area contributed by atoms with Crippen molar-refractivity contribution in [3.63, 3.8) is 0 Å². The summed E-state index contributed by atoms with van der Waals surface area (Å²) in [5, 5.41) is 0. The lowest BCUT2D eigenvalue weighted by Gasteiger charge is -2.21. The van der Waals surface area contributed by atoms with Gasteiger partial charge in [-0.2, -0.15) is 0 Å². The standard InChI is InChI=1S/C10H14N4O2S/c1-3-14(6-7(15)16-2)10-8(9(11)17)12-4-5-13-10/h4-5H,3,6H2,1-2H3,(H2,11,17). The van der Waals surface area contributed by atoms with Gasteiger partial charge in [0.05, 0.1) is 7.11 Å². The predicted octanol–water partition coefficient (Wildman–Crippen LogP) is 0.110. The van der Waals surface area contributed by atoms with E-state index in [0.717, 1.165) is 0 Å². The molecule has 7 heteroatoms. The number of hydrogen-bond donors (Lipinski definition) is 1. The number of nitrogens with two attached hydrogens (primary N) is 1. The number of esters is 1. The Kier molecular flexibility index (Phi) is 4.77. The van der Waals surface area contributed by atoms with Crippen LogP contribution in [0.4, 0.5) is 5.82 Å². The highest BCUT2D eigenvalue weighted by atomic mass is 32.1. The van der Waals surface area contributed by atoms with Crippen LogP contribution in [0.3, 0.4) is 0 Å². The van der Waals surface area contributed by atoms with Crippen LogP contribution in [0.2, 0.25) is 0 Å². The average molecular weight is 254 g/mol. The van der Waals surface area contributed by atoms with E-state index in [1.807, 2.05) is 6.92 Å². The number of nitrogens with zero attached hydrogens (tertiary/aromatic N) is 3. The summed E-state index contributed by atoms with van der Waals surface area (Å²) >= 11 is 4.89. The minimum absolute atomic E-state index is 0.0846. The van der Waals surface area contributed by atoms with Gasteiger partial charge in [-0.25, -0.2) is 9.97 Å². The Morgan fingerprint density at radius 3 is 2.71 bits per heavy atom. The normalized spacial score (nSPS) is 9.76. The first-order valence-corrected chi connectivity index (χ1v) is 5.43. The van der Waals surface area contributed by atoms with Crippen molar-refractivity contribution in [2.75, 3.05) is 25.1 Å². The molecule has 0 aromatic carbocycles. The second-order valence-electron chi connectivity index (χ2n) is 3.18. The number of carbonyl (C=O) groups is 1. The summed E-state index contributed by atoms with van der Waals surface area (Å²) in [4.78, 5) is 21.3. The molecule has 0 spiro atoms. The lowest BCUT2D eigenvalue weighted by atomic mass is 10.3. The van der Waals surface area contributed by atoms with E-state index in [1.54, 1.807) is 4.90 Å². The van der Waals surface area contributed by atoms with Crippen LogP contribution in [0.15, 0.2) is 12.4 Å². The number of aromatic nitrogens is 2. The van der Waals surface area contributed by atoms with Crippen LogP contribution in [0.5, 0.6) is 0 Å². The van der Waals surface area contributed by atoms with Crippen molar-refractivity contribution in [1.82, 2.24) is 9.97 Å². The minimum Gasteiger partial charge on any atom is -0.468 e. The highest BCUT2D eigenvalue weighted by molar-refractivity contribution is 7.80. The van der Waals surface area contributed by atoms with Crippen molar-refractivity contribution < 1.29 is 9.53 Å². The number of ether oxygens (including phenoxy) is 1. The Balaban J connectivity index is 3.03. The Morgan fingerprint density at radius 1 is 1.53 bits per heavy atom. The van der Waals surface area contributed by atoms with Gasteiger partial charge in [0.1, 0.15) is 17.2 Å². The molecule has 0 unspecified atom stereocenters. The second kappa shape index (κ2) is 6.09. The lowest BCUT2D eigenvalue weighted by molar-refractivity contribution is -0.138. The fourth-order valence-corrected chi connectivity index (χ4v) is 1.44. The van der Waals surface area contributed by atoms with Crippen molar-refractivity contribution in [2.24, 2.45) is 5.73 Å². The van der Waals surface area contributed by atoms with Gasteiger partial charge >= 0.3 is 5.97 Å². The summed E-state index contributed by atoms with van der Waals surface area (Å²) in [6, 6.07) is 0. The van der Waals surface area contributed by atoms with Crippen LogP contribution >= 0.6 is 12.2 Å². The van der Waals surface area contributed by atoms with E-state index in [2.05, 4.69) is 14.7 Å². The smallest absolute Gasteiger partial charge is 0.325 e. The molecule has 0 saturated carbocycles. The Labute approximate surface area is 105 Å². The third-order valence-electron chi connectivity index (χ3n) is 2.14. The molecule has 17 heavy (non-hydrogen) atoms. The van der Waals surface area contributed by atoms with Crippen molar-refractivity contribution in [3.8, 4) is 0 Å². The Hall–Kier alpha value is -1.76. The van der Waals surface area contributed by atoms with Gasteiger partial charge in [-0.05, 0) is 6.92 Å². The van der Waals surface area contributed by atoms with Crippen LogP contribution in [0.1, 0.15) is 12.6 Å². The topological polar surface area (TPSA) is 81.3 Å². The van der Waals surface area contributed by atoms with Gasteiger partial charge in [-0.3, -0.25) is 4.79 Å². The fourth-order valence-electron chi connectivity index (χ4n) is 1.29. The third kappa shape index (κ3) is 3.35. The molecule has 1 heterocycles. The monoisotopic (exact) mass is 254 g/mol. The van der Waals surface area contributed by atoms with E-state index in [9.17, 15) is 4.79 Å². The van der Waals surface area contributed by atoms with Crippen molar-refractivity contribution in [3.05, 3.63) is 18.1 Å². The largest absolute Gasteiger partial charge is 0.468 e. The highest BCUT2D eigenvalue weighted by Gasteiger charge is 2.17. The van der Waals surface area contributed by atoms with E-state index in [0.29, 0.717) is 18.1 Å². The molecule has 0 saturated heterocycles. The molecule has 0 amide bonds. The second-order valence-corrected chi connectivity index (χ2v) is 3.62. The van der Waals surface area contributed by atoms with Gasteiger partial charge in [0, 0.05) is 18.9 Å². The molecule has 0 fully saturated rings. The number of likely N-dealkylation sites (N-methyl/N-ethyl adjacent to an activating group) is 1. The number of anilines is 1. The van der Waals surface area contributed by atoms with Crippen molar-refractivity contribution >= 4 is 29.0 Å². The molecule has 1 rings (SSSR count). The number of carbonyl (C=O) groups excluding carboxylic acids is 1. The molecule has 1 aromatic heterocycles. The van der Waals surface area contributed by atoms with Crippen LogP contribution in [-0.2, 0) is 9.53 Å². The van der Waals surface area contributed by atoms with Gasteiger partial charge in [0.15, 0.2) is 5.82 Å². The molecule has 0 radical (unpaired) electrons. The molecule has 0 aliphatic carbocycles. The van der Waals surface area contributed by atoms with Gasteiger partial charge in [-0.1, -0.05) is 12.2 Å². The zero-order chi connectivity index (χ0) is 12.8. The summed E-state index contributed by atoms with van der Waals surface area (Å²) in [7, 11) is 1.33. The van der Waals surface area contributed by atoms with Gasteiger partial charge in [-0.15, -0.1) is 0 Å². The van der Waals surface area contributed by atoms with Crippen LogP contribution < -0.4 is 10.6 Å². The average Bonchev–Trinajstić information content (AvgIpc) is 2.35. The maximum Gasteiger partial charge on any atom is 0.325 e.